The second-order valence-corrected chi connectivity index (χ2v) is 5.00. The quantitative estimate of drug-likeness (QED) is 0.838. The maximum atomic E-state index is 11.4. The van der Waals surface area contributed by atoms with E-state index in [1.165, 1.54) is 0 Å². The Labute approximate surface area is 98.2 Å². The van der Waals surface area contributed by atoms with Gasteiger partial charge in [0.25, 0.3) is 0 Å². The fourth-order valence-electron chi connectivity index (χ4n) is 1.99. The van der Waals surface area contributed by atoms with Crippen molar-refractivity contribution in [1.29, 1.82) is 0 Å². The largest absolute Gasteiger partial charge is 0.480 e. The van der Waals surface area contributed by atoms with E-state index in [0.29, 0.717) is 19.6 Å². The summed E-state index contributed by atoms with van der Waals surface area (Å²) in [5.74, 6) is -0.825. The highest BCUT2D eigenvalue weighted by Crippen LogP contribution is 2.27. The SMILES string of the molecule is CC1OCCC1(NCc1cccs1)C(=O)O. The van der Waals surface area contributed by atoms with Crippen LogP contribution in [0.4, 0.5) is 0 Å². The summed E-state index contributed by atoms with van der Waals surface area (Å²) in [4.78, 5) is 12.5. The molecule has 16 heavy (non-hydrogen) atoms. The summed E-state index contributed by atoms with van der Waals surface area (Å²) in [6.45, 7) is 2.89. The highest BCUT2D eigenvalue weighted by Gasteiger charge is 2.48. The highest BCUT2D eigenvalue weighted by atomic mass is 32.1. The minimum atomic E-state index is -0.927. The van der Waals surface area contributed by atoms with Crippen molar-refractivity contribution in [3.8, 4) is 0 Å². The minimum absolute atomic E-state index is 0.287. The number of thiophene rings is 1. The Kier molecular flexibility index (Phi) is 3.28. The Hall–Kier alpha value is -0.910. The number of hydrogen-bond acceptors (Lipinski definition) is 4. The van der Waals surface area contributed by atoms with Crippen LogP contribution in [0.1, 0.15) is 18.2 Å². The van der Waals surface area contributed by atoms with Crippen LogP contribution in [0.25, 0.3) is 0 Å². The molecule has 2 atom stereocenters. The predicted octanol–water partition coefficient (Wildman–Crippen LogP) is 1.47. The van der Waals surface area contributed by atoms with Crippen molar-refractivity contribution >= 4 is 17.3 Å². The first-order valence-electron chi connectivity index (χ1n) is 5.27. The third kappa shape index (κ3) is 1.98. The number of aliphatic carboxylic acids is 1. The lowest BCUT2D eigenvalue weighted by atomic mass is 9.92. The number of ether oxygens (including phenoxy) is 1. The van der Waals surface area contributed by atoms with Gasteiger partial charge in [0.05, 0.1) is 6.10 Å². The zero-order valence-corrected chi connectivity index (χ0v) is 9.92. The minimum Gasteiger partial charge on any atom is -0.480 e. The van der Waals surface area contributed by atoms with Crippen LogP contribution in [0.3, 0.4) is 0 Å². The smallest absolute Gasteiger partial charge is 0.326 e. The molecule has 0 spiro atoms. The van der Waals surface area contributed by atoms with Gasteiger partial charge in [-0.25, -0.2) is 0 Å². The van der Waals surface area contributed by atoms with Crippen molar-refractivity contribution < 1.29 is 14.6 Å². The van der Waals surface area contributed by atoms with Gasteiger partial charge >= 0.3 is 5.97 Å². The van der Waals surface area contributed by atoms with Crippen LogP contribution >= 0.6 is 11.3 Å². The lowest BCUT2D eigenvalue weighted by Gasteiger charge is -2.28. The van der Waals surface area contributed by atoms with Gasteiger partial charge in [0, 0.05) is 24.4 Å². The molecule has 2 unspecified atom stereocenters. The second kappa shape index (κ2) is 4.53. The number of hydrogen-bond donors (Lipinski definition) is 2. The number of rotatable bonds is 4. The van der Waals surface area contributed by atoms with E-state index in [1.54, 1.807) is 11.3 Å². The van der Waals surface area contributed by atoms with Gasteiger partial charge in [-0.05, 0) is 18.4 Å². The Morgan fingerprint density at radius 2 is 2.62 bits per heavy atom. The molecule has 2 rings (SSSR count). The lowest BCUT2D eigenvalue weighted by Crippen LogP contribution is -2.56. The molecule has 0 radical (unpaired) electrons. The third-order valence-electron chi connectivity index (χ3n) is 3.10. The van der Waals surface area contributed by atoms with Crippen LogP contribution in [0, 0.1) is 0 Å². The van der Waals surface area contributed by atoms with Gasteiger partial charge in [-0.2, -0.15) is 0 Å². The van der Waals surface area contributed by atoms with E-state index in [1.807, 2.05) is 24.4 Å². The van der Waals surface area contributed by atoms with Crippen LogP contribution < -0.4 is 5.32 Å². The van der Waals surface area contributed by atoms with E-state index in [4.69, 9.17) is 4.74 Å². The Balaban J connectivity index is 2.06. The van der Waals surface area contributed by atoms with Gasteiger partial charge in [0.2, 0.25) is 0 Å². The van der Waals surface area contributed by atoms with E-state index in [0.717, 1.165) is 4.88 Å². The molecule has 1 aliphatic rings. The molecule has 1 fully saturated rings. The summed E-state index contributed by atoms with van der Waals surface area (Å²) in [6.07, 6.45) is 0.236. The van der Waals surface area contributed by atoms with Crippen molar-refractivity contribution in [1.82, 2.24) is 5.32 Å². The van der Waals surface area contributed by atoms with Gasteiger partial charge in [-0.3, -0.25) is 10.1 Å². The first kappa shape index (κ1) is 11.6. The molecular formula is C11H15NO3S. The molecule has 0 bridgehead atoms. The van der Waals surface area contributed by atoms with E-state index in [2.05, 4.69) is 5.32 Å². The van der Waals surface area contributed by atoms with Crippen molar-refractivity contribution in [2.45, 2.75) is 31.5 Å². The Bertz CT molecular complexity index is 365. The molecule has 1 aromatic heterocycles. The molecule has 0 aliphatic carbocycles. The standard InChI is InChI=1S/C11H15NO3S/c1-8-11(10(13)14,4-5-15-8)12-7-9-3-2-6-16-9/h2-3,6,8,12H,4-5,7H2,1H3,(H,13,14). The first-order valence-corrected chi connectivity index (χ1v) is 6.15. The van der Waals surface area contributed by atoms with Crippen molar-refractivity contribution in [3.63, 3.8) is 0 Å². The summed E-state index contributed by atoms with van der Waals surface area (Å²) in [5.41, 5.74) is -0.927. The molecular weight excluding hydrogens is 226 g/mol. The van der Waals surface area contributed by atoms with Crippen LogP contribution in [-0.4, -0.2) is 29.3 Å². The molecule has 4 nitrogen and oxygen atoms in total. The molecule has 88 valence electrons. The molecule has 1 saturated heterocycles. The van der Waals surface area contributed by atoms with Crippen molar-refractivity contribution in [2.24, 2.45) is 0 Å². The van der Waals surface area contributed by atoms with E-state index in [9.17, 15) is 9.90 Å². The fraction of sp³-hybridized carbons (Fsp3) is 0.545. The van der Waals surface area contributed by atoms with Crippen LogP contribution in [0.2, 0.25) is 0 Å². The molecule has 0 saturated carbocycles. The average Bonchev–Trinajstić information content (AvgIpc) is 2.85. The second-order valence-electron chi connectivity index (χ2n) is 3.97. The summed E-state index contributed by atoms with van der Waals surface area (Å²) >= 11 is 1.62. The summed E-state index contributed by atoms with van der Waals surface area (Å²) in [5, 5.41) is 14.4. The molecule has 1 aliphatic heterocycles. The zero-order valence-electron chi connectivity index (χ0n) is 9.10. The monoisotopic (exact) mass is 241 g/mol. The van der Waals surface area contributed by atoms with Crippen LogP contribution in [-0.2, 0) is 16.1 Å². The topological polar surface area (TPSA) is 58.6 Å². The lowest BCUT2D eigenvalue weighted by molar-refractivity contribution is -0.147. The Morgan fingerprint density at radius 3 is 3.12 bits per heavy atom. The average molecular weight is 241 g/mol. The summed E-state index contributed by atoms with van der Waals surface area (Å²) in [6, 6.07) is 3.96. The molecule has 0 amide bonds. The van der Waals surface area contributed by atoms with E-state index >= 15 is 0 Å². The predicted molar refractivity (Wildman–Crippen MR) is 61.6 cm³/mol. The van der Waals surface area contributed by atoms with Gasteiger partial charge < -0.3 is 9.84 Å². The number of nitrogens with one attached hydrogen (secondary N) is 1. The zero-order chi connectivity index (χ0) is 11.6. The van der Waals surface area contributed by atoms with Gasteiger partial charge in [-0.15, -0.1) is 11.3 Å². The van der Waals surface area contributed by atoms with Crippen molar-refractivity contribution in [2.75, 3.05) is 6.61 Å². The van der Waals surface area contributed by atoms with E-state index < -0.39 is 11.5 Å². The maximum Gasteiger partial charge on any atom is 0.326 e. The Morgan fingerprint density at radius 1 is 1.81 bits per heavy atom. The normalized spacial score (nSPS) is 29.4. The summed E-state index contributed by atoms with van der Waals surface area (Å²) in [7, 11) is 0. The van der Waals surface area contributed by atoms with E-state index in [-0.39, 0.29) is 6.10 Å². The third-order valence-corrected chi connectivity index (χ3v) is 3.97. The maximum absolute atomic E-state index is 11.4. The van der Waals surface area contributed by atoms with Crippen LogP contribution in [0.15, 0.2) is 17.5 Å². The van der Waals surface area contributed by atoms with Gasteiger partial charge in [-0.1, -0.05) is 6.07 Å². The van der Waals surface area contributed by atoms with Crippen molar-refractivity contribution in [3.05, 3.63) is 22.4 Å². The summed E-state index contributed by atoms with van der Waals surface area (Å²) < 4.78 is 5.36. The first-order chi connectivity index (χ1) is 7.65. The number of carboxylic acid groups (broad SMARTS) is 1. The van der Waals surface area contributed by atoms with Gasteiger partial charge in [0.15, 0.2) is 0 Å². The number of carboxylic acids is 1. The molecule has 2 N–H and O–H groups in total. The van der Waals surface area contributed by atoms with Crippen LogP contribution in [0.5, 0.6) is 0 Å². The number of carbonyl (C=O) groups is 1. The highest BCUT2D eigenvalue weighted by molar-refractivity contribution is 7.09. The molecule has 1 aromatic rings. The molecule has 0 aromatic carbocycles. The molecule has 5 heteroatoms. The van der Waals surface area contributed by atoms with Gasteiger partial charge in [0.1, 0.15) is 5.54 Å². The fourth-order valence-corrected chi connectivity index (χ4v) is 2.63. The molecule has 2 heterocycles.